The maximum atomic E-state index is 11.5. The summed E-state index contributed by atoms with van der Waals surface area (Å²) in [5.74, 6) is -0.424. The van der Waals surface area contributed by atoms with Crippen LogP contribution in [0.2, 0.25) is 0 Å². The molecule has 0 spiro atoms. The van der Waals surface area contributed by atoms with Gasteiger partial charge in [-0.05, 0) is 23.3 Å². The summed E-state index contributed by atoms with van der Waals surface area (Å²) in [5, 5.41) is 2.26. The first-order valence-corrected chi connectivity index (χ1v) is 5.29. The molecule has 16 heavy (non-hydrogen) atoms. The molecule has 0 radical (unpaired) electrons. The molecule has 0 heterocycles. The molecular weight excluding hydrogens is 200 g/mol. The van der Waals surface area contributed by atoms with Gasteiger partial charge in [-0.2, -0.15) is 0 Å². The van der Waals surface area contributed by atoms with Gasteiger partial charge in [-0.3, -0.25) is 4.79 Å². The molecule has 2 aromatic rings. The van der Waals surface area contributed by atoms with E-state index in [2.05, 4.69) is 0 Å². The van der Waals surface area contributed by atoms with Crippen molar-refractivity contribution in [2.45, 2.75) is 12.8 Å². The normalized spacial score (nSPS) is 12.4. The lowest BCUT2D eigenvalue weighted by Crippen LogP contribution is -2.11. The van der Waals surface area contributed by atoms with E-state index in [9.17, 15) is 4.79 Å². The zero-order valence-electron chi connectivity index (χ0n) is 9.44. The summed E-state index contributed by atoms with van der Waals surface area (Å²) in [5.41, 5.74) is 1.02. The van der Waals surface area contributed by atoms with Crippen LogP contribution in [0.15, 0.2) is 42.5 Å². The summed E-state index contributed by atoms with van der Waals surface area (Å²) >= 11 is 0. The number of hydrogen-bond acceptors (Lipinski definition) is 2. The molecule has 2 nitrogen and oxygen atoms in total. The number of carbonyl (C=O) groups is 1. The molecular formula is C14H14O2. The average molecular weight is 214 g/mol. The van der Waals surface area contributed by atoms with Gasteiger partial charge >= 0.3 is 5.97 Å². The van der Waals surface area contributed by atoms with E-state index in [0.717, 1.165) is 16.3 Å². The molecule has 82 valence electrons. The highest BCUT2D eigenvalue weighted by Crippen LogP contribution is 2.26. The van der Waals surface area contributed by atoms with Crippen LogP contribution in [0.5, 0.6) is 0 Å². The second kappa shape index (κ2) is 4.35. The van der Waals surface area contributed by atoms with Crippen molar-refractivity contribution < 1.29 is 9.53 Å². The Balaban J connectivity index is 2.56. The number of hydrogen-bond donors (Lipinski definition) is 0. The maximum Gasteiger partial charge on any atom is 0.312 e. The van der Waals surface area contributed by atoms with Gasteiger partial charge in [-0.15, -0.1) is 0 Å². The lowest BCUT2D eigenvalue weighted by molar-refractivity contribution is -0.141. The van der Waals surface area contributed by atoms with E-state index >= 15 is 0 Å². The highest BCUT2D eigenvalue weighted by atomic mass is 16.5. The molecule has 0 aliphatic heterocycles. The Morgan fingerprint density at radius 2 is 1.81 bits per heavy atom. The van der Waals surface area contributed by atoms with Crippen LogP contribution in [0.3, 0.4) is 0 Å². The van der Waals surface area contributed by atoms with Gasteiger partial charge < -0.3 is 4.74 Å². The molecule has 2 rings (SSSR count). The fourth-order valence-electron chi connectivity index (χ4n) is 1.93. The highest BCUT2D eigenvalue weighted by Gasteiger charge is 2.17. The molecule has 0 fully saturated rings. The number of esters is 1. The molecule has 0 amide bonds. The van der Waals surface area contributed by atoms with Crippen LogP contribution in [-0.2, 0) is 9.53 Å². The van der Waals surface area contributed by atoms with Crippen LogP contribution in [0, 0.1) is 0 Å². The first-order chi connectivity index (χ1) is 7.74. The van der Waals surface area contributed by atoms with E-state index in [-0.39, 0.29) is 11.9 Å². The van der Waals surface area contributed by atoms with E-state index < -0.39 is 0 Å². The van der Waals surface area contributed by atoms with Crippen molar-refractivity contribution in [2.75, 3.05) is 7.11 Å². The number of fused-ring (bicyclic) bond motifs is 1. The predicted octanol–water partition coefficient (Wildman–Crippen LogP) is 3.12. The lowest BCUT2D eigenvalue weighted by atomic mass is 9.95. The maximum absolute atomic E-state index is 11.5. The van der Waals surface area contributed by atoms with Crippen LogP contribution >= 0.6 is 0 Å². The molecule has 0 aliphatic carbocycles. The van der Waals surface area contributed by atoms with Crippen molar-refractivity contribution in [3.8, 4) is 0 Å². The Kier molecular flexibility index (Phi) is 2.91. The molecule has 0 aliphatic rings. The predicted molar refractivity (Wildman–Crippen MR) is 64.4 cm³/mol. The third-order valence-corrected chi connectivity index (χ3v) is 2.84. The van der Waals surface area contributed by atoms with E-state index in [1.807, 2.05) is 49.4 Å². The summed E-state index contributed by atoms with van der Waals surface area (Å²) in [4.78, 5) is 11.5. The van der Waals surface area contributed by atoms with Gasteiger partial charge in [0.1, 0.15) is 0 Å². The molecule has 1 atom stereocenters. The molecule has 1 unspecified atom stereocenters. The quantitative estimate of drug-likeness (QED) is 0.718. The Hall–Kier alpha value is -1.83. The molecule has 2 aromatic carbocycles. The minimum absolute atomic E-state index is 0.198. The van der Waals surface area contributed by atoms with Gasteiger partial charge in [0.25, 0.3) is 0 Å². The van der Waals surface area contributed by atoms with Crippen molar-refractivity contribution in [1.29, 1.82) is 0 Å². The highest BCUT2D eigenvalue weighted by molar-refractivity contribution is 5.90. The van der Waals surface area contributed by atoms with Crippen molar-refractivity contribution in [1.82, 2.24) is 0 Å². The summed E-state index contributed by atoms with van der Waals surface area (Å²) in [7, 11) is 1.42. The Labute approximate surface area is 94.8 Å². The molecule has 0 saturated heterocycles. The number of benzene rings is 2. The second-order valence-corrected chi connectivity index (χ2v) is 3.81. The van der Waals surface area contributed by atoms with Gasteiger partial charge in [0.05, 0.1) is 13.0 Å². The van der Waals surface area contributed by atoms with Crippen molar-refractivity contribution in [3.63, 3.8) is 0 Å². The lowest BCUT2D eigenvalue weighted by Gasteiger charge is -2.12. The molecule has 0 saturated carbocycles. The van der Waals surface area contributed by atoms with E-state index in [1.165, 1.54) is 7.11 Å². The molecule has 0 bridgehead atoms. The fourth-order valence-corrected chi connectivity index (χ4v) is 1.93. The van der Waals surface area contributed by atoms with Crippen LogP contribution < -0.4 is 0 Å². The smallest absolute Gasteiger partial charge is 0.312 e. The average Bonchev–Trinajstić information content (AvgIpc) is 2.36. The zero-order chi connectivity index (χ0) is 11.5. The zero-order valence-corrected chi connectivity index (χ0v) is 9.44. The SMILES string of the molecule is COC(=O)C(C)c1cccc2ccccc12. The Morgan fingerprint density at radius 1 is 1.12 bits per heavy atom. The Bertz CT molecular complexity index is 512. The topological polar surface area (TPSA) is 26.3 Å². The van der Waals surface area contributed by atoms with E-state index in [0.29, 0.717) is 0 Å². The van der Waals surface area contributed by atoms with Gasteiger partial charge in [-0.1, -0.05) is 42.5 Å². The van der Waals surface area contributed by atoms with Crippen molar-refractivity contribution >= 4 is 16.7 Å². The largest absolute Gasteiger partial charge is 0.469 e. The number of ether oxygens (including phenoxy) is 1. The number of methoxy groups -OCH3 is 1. The standard InChI is InChI=1S/C14H14O2/c1-10(14(15)16-2)12-9-5-7-11-6-3-4-8-13(11)12/h3-10H,1-2H3. The molecule has 0 N–H and O–H groups in total. The number of rotatable bonds is 2. The van der Waals surface area contributed by atoms with E-state index in [1.54, 1.807) is 0 Å². The second-order valence-electron chi connectivity index (χ2n) is 3.81. The van der Waals surface area contributed by atoms with Gasteiger partial charge in [-0.25, -0.2) is 0 Å². The summed E-state index contributed by atoms with van der Waals surface area (Å²) < 4.78 is 4.78. The van der Waals surface area contributed by atoms with Crippen LogP contribution in [0.4, 0.5) is 0 Å². The van der Waals surface area contributed by atoms with Crippen LogP contribution in [0.1, 0.15) is 18.4 Å². The minimum Gasteiger partial charge on any atom is -0.469 e. The summed E-state index contributed by atoms with van der Waals surface area (Å²) in [6, 6.07) is 14.0. The fraction of sp³-hybridized carbons (Fsp3) is 0.214. The van der Waals surface area contributed by atoms with Crippen LogP contribution in [0.25, 0.3) is 10.8 Å². The minimum atomic E-state index is -0.226. The molecule has 2 heteroatoms. The first-order valence-electron chi connectivity index (χ1n) is 5.29. The van der Waals surface area contributed by atoms with Gasteiger partial charge in [0.2, 0.25) is 0 Å². The molecule has 0 aromatic heterocycles. The third-order valence-electron chi connectivity index (χ3n) is 2.84. The summed E-state index contributed by atoms with van der Waals surface area (Å²) in [6.45, 7) is 1.87. The number of carbonyl (C=O) groups excluding carboxylic acids is 1. The van der Waals surface area contributed by atoms with E-state index in [4.69, 9.17) is 4.74 Å². The monoisotopic (exact) mass is 214 g/mol. The summed E-state index contributed by atoms with van der Waals surface area (Å²) in [6.07, 6.45) is 0. The van der Waals surface area contributed by atoms with Crippen molar-refractivity contribution in [2.24, 2.45) is 0 Å². The first kappa shape index (κ1) is 10.7. The van der Waals surface area contributed by atoms with Gasteiger partial charge in [0, 0.05) is 0 Å². The van der Waals surface area contributed by atoms with Gasteiger partial charge in [0.15, 0.2) is 0 Å². The van der Waals surface area contributed by atoms with Crippen molar-refractivity contribution in [3.05, 3.63) is 48.0 Å². The Morgan fingerprint density at radius 3 is 2.56 bits per heavy atom. The van der Waals surface area contributed by atoms with Crippen LogP contribution in [-0.4, -0.2) is 13.1 Å². The third kappa shape index (κ3) is 1.78.